The number of fused-ring (bicyclic) bond motifs is 2. The molecule has 3 aliphatic rings. The Balaban J connectivity index is 1.21. The van der Waals surface area contributed by atoms with Crippen LogP contribution in [-0.2, 0) is 10.0 Å². The highest BCUT2D eigenvalue weighted by Gasteiger charge is 2.42. The Hall–Kier alpha value is -2.27. The van der Waals surface area contributed by atoms with Crippen molar-refractivity contribution in [2.75, 3.05) is 31.1 Å². The molecule has 1 aromatic heterocycles. The number of halogens is 2. The molecule has 0 N–H and O–H groups in total. The highest BCUT2D eigenvalue weighted by atomic mass is 32.2. The minimum atomic E-state index is -3.73. The quantitative estimate of drug-likeness (QED) is 0.663. The predicted octanol–water partition coefficient (Wildman–Crippen LogP) is 3.09. The number of nitrogens with zero attached hydrogens (tertiary/aromatic N) is 4. The van der Waals surface area contributed by atoms with Crippen molar-refractivity contribution in [1.29, 1.82) is 0 Å². The van der Waals surface area contributed by atoms with Gasteiger partial charge in [-0.2, -0.15) is 18.1 Å². The smallest absolute Gasteiger partial charge is 0.387 e. The van der Waals surface area contributed by atoms with Gasteiger partial charge in [0, 0.05) is 32.1 Å². The van der Waals surface area contributed by atoms with Crippen LogP contribution in [0.3, 0.4) is 0 Å². The van der Waals surface area contributed by atoms with Gasteiger partial charge in [-0.15, -0.1) is 0 Å². The molecule has 0 amide bonds. The molecule has 2 aromatic rings. The summed E-state index contributed by atoms with van der Waals surface area (Å²) < 4.78 is 61.5. The number of hydrogen-bond acceptors (Lipinski definition) is 7. The van der Waals surface area contributed by atoms with Crippen molar-refractivity contribution >= 4 is 16.0 Å². The summed E-state index contributed by atoms with van der Waals surface area (Å²) in [6, 6.07) is 5.46. The van der Waals surface area contributed by atoms with E-state index >= 15 is 0 Å². The number of aromatic nitrogens is 2. The summed E-state index contributed by atoms with van der Waals surface area (Å²) >= 11 is 0. The first kappa shape index (κ1) is 20.6. The Bertz CT molecular complexity index is 1020. The third-order valence-electron chi connectivity index (χ3n) is 6.70. The second-order valence-corrected chi connectivity index (χ2v) is 10.4. The van der Waals surface area contributed by atoms with Gasteiger partial charge in [-0.05, 0) is 55.4 Å². The normalized spacial score (nSPS) is 26.7. The Kier molecular flexibility index (Phi) is 5.33. The van der Waals surface area contributed by atoms with Gasteiger partial charge in [-0.1, -0.05) is 11.6 Å². The number of anilines is 1. The van der Waals surface area contributed by atoms with E-state index in [1.54, 1.807) is 0 Å². The van der Waals surface area contributed by atoms with Crippen LogP contribution in [-0.4, -0.2) is 55.7 Å². The van der Waals surface area contributed by atoms with Gasteiger partial charge >= 0.3 is 12.6 Å². The van der Waals surface area contributed by atoms with E-state index in [4.69, 9.17) is 4.52 Å². The molecule has 11 heteroatoms. The summed E-state index contributed by atoms with van der Waals surface area (Å²) in [6.45, 7) is -1.55. The Morgan fingerprint density at radius 3 is 2.42 bits per heavy atom. The van der Waals surface area contributed by atoms with Crippen LogP contribution < -0.4 is 9.64 Å². The van der Waals surface area contributed by atoms with Crippen molar-refractivity contribution in [3.05, 3.63) is 30.1 Å². The maximum Gasteiger partial charge on any atom is 0.387 e. The van der Waals surface area contributed by atoms with E-state index < -0.39 is 16.6 Å². The van der Waals surface area contributed by atoms with Gasteiger partial charge in [0.1, 0.15) is 5.75 Å². The van der Waals surface area contributed by atoms with E-state index in [-0.39, 0.29) is 23.7 Å². The Morgan fingerprint density at radius 2 is 1.81 bits per heavy atom. The van der Waals surface area contributed by atoms with Gasteiger partial charge in [0.25, 0.3) is 0 Å². The molecular weight excluding hydrogens is 430 g/mol. The molecule has 168 valence electrons. The van der Waals surface area contributed by atoms with Crippen LogP contribution in [0.15, 0.2) is 33.7 Å². The fourth-order valence-corrected chi connectivity index (χ4v) is 6.55. The molecule has 2 heterocycles. The molecule has 3 unspecified atom stereocenters. The van der Waals surface area contributed by atoms with Crippen LogP contribution in [0.5, 0.6) is 5.75 Å². The molecule has 5 rings (SSSR count). The predicted molar refractivity (Wildman–Crippen MR) is 107 cm³/mol. The molecule has 0 radical (unpaired) electrons. The number of piperazine rings is 1. The van der Waals surface area contributed by atoms with Crippen molar-refractivity contribution in [3.63, 3.8) is 0 Å². The first-order valence-electron chi connectivity index (χ1n) is 10.5. The van der Waals surface area contributed by atoms with Crippen molar-refractivity contribution in [2.45, 2.75) is 43.1 Å². The van der Waals surface area contributed by atoms with Crippen LogP contribution >= 0.6 is 0 Å². The molecule has 31 heavy (non-hydrogen) atoms. The van der Waals surface area contributed by atoms with Crippen LogP contribution in [0.2, 0.25) is 0 Å². The third kappa shape index (κ3) is 4.00. The number of ether oxygens (including phenoxy) is 1. The zero-order valence-electron chi connectivity index (χ0n) is 16.9. The Morgan fingerprint density at radius 1 is 1.06 bits per heavy atom. The average Bonchev–Trinajstić information content (AvgIpc) is 3.51. The highest BCUT2D eigenvalue weighted by molar-refractivity contribution is 7.89. The molecule has 2 saturated carbocycles. The van der Waals surface area contributed by atoms with Gasteiger partial charge in [0.15, 0.2) is 5.82 Å². The zero-order chi connectivity index (χ0) is 21.6. The minimum Gasteiger partial charge on any atom is -0.435 e. The van der Waals surface area contributed by atoms with Crippen molar-refractivity contribution in [2.24, 2.45) is 11.8 Å². The molecule has 1 saturated heterocycles. The fraction of sp³-hybridized carbons (Fsp3) is 0.600. The standard InChI is InChI=1S/C20H24F2N4O4S/c21-19(22)29-15-3-5-16(6-4-15)31(27,28)26-9-7-25(8-10-26)20-23-18(24-30-20)17-12-13-1-2-14(17)11-13/h3-6,13-14,17,19H,1-2,7-12H2. The van der Waals surface area contributed by atoms with Gasteiger partial charge in [-0.3, -0.25) is 0 Å². The van der Waals surface area contributed by atoms with Gasteiger partial charge < -0.3 is 14.2 Å². The lowest BCUT2D eigenvalue weighted by atomic mass is 9.88. The monoisotopic (exact) mass is 454 g/mol. The third-order valence-corrected chi connectivity index (χ3v) is 8.61. The van der Waals surface area contributed by atoms with Crippen molar-refractivity contribution in [3.8, 4) is 5.75 Å². The maximum absolute atomic E-state index is 12.9. The van der Waals surface area contributed by atoms with E-state index in [9.17, 15) is 17.2 Å². The molecule has 2 aliphatic carbocycles. The molecule has 0 spiro atoms. The topological polar surface area (TPSA) is 88.8 Å². The summed E-state index contributed by atoms with van der Waals surface area (Å²) in [5.74, 6) is 2.54. The van der Waals surface area contributed by atoms with Gasteiger partial charge in [0.2, 0.25) is 10.0 Å². The minimum absolute atomic E-state index is 0.0407. The van der Waals surface area contributed by atoms with Crippen molar-refractivity contribution < 1.29 is 26.5 Å². The van der Waals surface area contributed by atoms with E-state index in [1.807, 2.05) is 4.90 Å². The van der Waals surface area contributed by atoms with E-state index in [0.717, 1.165) is 18.2 Å². The Labute approximate surface area is 179 Å². The van der Waals surface area contributed by atoms with E-state index in [2.05, 4.69) is 14.9 Å². The molecule has 3 atom stereocenters. The first-order chi connectivity index (χ1) is 14.9. The lowest BCUT2D eigenvalue weighted by Crippen LogP contribution is -2.48. The molecule has 3 fully saturated rings. The highest BCUT2D eigenvalue weighted by Crippen LogP contribution is 2.52. The van der Waals surface area contributed by atoms with Crippen molar-refractivity contribution in [1.82, 2.24) is 14.4 Å². The summed E-state index contributed by atoms with van der Waals surface area (Å²) in [5, 5.41) is 4.21. The first-order valence-corrected chi connectivity index (χ1v) is 12.0. The molecule has 2 bridgehead atoms. The summed E-state index contributed by atoms with van der Waals surface area (Å²) in [7, 11) is -3.73. The number of alkyl halides is 2. The summed E-state index contributed by atoms with van der Waals surface area (Å²) in [4.78, 5) is 6.57. The van der Waals surface area contributed by atoms with Crippen LogP contribution in [0.1, 0.15) is 37.4 Å². The number of benzene rings is 1. The number of hydrogen-bond donors (Lipinski definition) is 0. The lowest BCUT2D eigenvalue weighted by Gasteiger charge is -2.32. The fourth-order valence-electron chi connectivity index (χ4n) is 5.13. The maximum atomic E-state index is 12.9. The van der Waals surface area contributed by atoms with Crippen LogP contribution in [0, 0.1) is 11.8 Å². The second kappa shape index (κ2) is 8.01. The number of sulfonamides is 1. The van der Waals surface area contributed by atoms with Crippen LogP contribution in [0.25, 0.3) is 0 Å². The van der Waals surface area contributed by atoms with Gasteiger partial charge in [0.05, 0.1) is 4.90 Å². The molecular formula is C20H24F2N4O4S. The number of rotatable bonds is 6. The average molecular weight is 454 g/mol. The largest absolute Gasteiger partial charge is 0.435 e. The van der Waals surface area contributed by atoms with E-state index in [0.29, 0.717) is 30.9 Å². The molecule has 1 aromatic carbocycles. The SMILES string of the molecule is O=S(=O)(c1ccc(OC(F)F)cc1)N1CCN(c2nc(C3CC4CCC3C4)no2)CC1. The summed E-state index contributed by atoms with van der Waals surface area (Å²) in [5.41, 5.74) is 0. The molecule has 1 aliphatic heterocycles. The zero-order valence-corrected chi connectivity index (χ0v) is 17.7. The van der Waals surface area contributed by atoms with Crippen LogP contribution in [0.4, 0.5) is 14.8 Å². The lowest BCUT2D eigenvalue weighted by molar-refractivity contribution is -0.0498. The molecule has 8 nitrogen and oxygen atoms in total. The van der Waals surface area contributed by atoms with Gasteiger partial charge in [-0.25, -0.2) is 8.42 Å². The summed E-state index contributed by atoms with van der Waals surface area (Å²) in [6.07, 6.45) is 4.95. The van der Waals surface area contributed by atoms with E-state index in [1.165, 1.54) is 47.8 Å². The second-order valence-electron chi connectivity index (χ2n) is 8.46.